The summed E-state index contributed by atoms with van der Waals surface area (Å²) in [5.41, 5.74) is 1.81. The monoisotopic (exact) mass is 367 g/mol. The highest BCUT2D eigenvalue weighted by molar-refractivity contribution is 9.10. The molecule has 1 aromatic carbocycles. The summed E-state index contributed by atoms with van der Waals surface area (Å²) in [6.45, 7) is 6.32. The molecule has 0 aliphatic rings. The predicted octanol–water partition coefficient (Wildman–Crippen LogP) is 4.61. The van der Waals surface area contributed by atoms with Crippen molar-refractivity contribution >= 4 is 33.2 Å². The second kappa shape index (κ2) is 6.28. The second-order valence-electron chi connectivity index (χ2n) is 6.02. The van der Waals surface area contributed by atoms with Crippen LogP contribution in [-0.4, -0.2) is 16.1 Å². The van der Waals surface area contributed by atoms with Gasteiger partial charge < -0.3 is 5.11 Å². The minimum Gasteiger partial charge on any atom is -0.481 e. The van der Waals surface area contributed by atoms with Gasteiger partial charge in [-0.05, 0) is 17.7 Å². The average Bonchev–Trinajstić information content (AvgIpc) is 2.85. The maximum absolute atomic E-state index is 11.6. The molecule has 0 saturated carbocycles. The molecule has 0 spiro atoms. The van der Waals surface area contributed by atoms with Gasteiger partial charge in [-0.25, -0.2) is 4.98 Å². The first-order chi connectivity index (χ1) is 9.77. The van der Waals surface area contributed by atoms with Gasteiger partial charge in [-0.3, -0.25) is 4.79 Å². The van der Waals surface area contributed by atoms with Gasteiger partial charge in [-0.15, -0.1) is 11.3 Å². The first-order valence-corrected chi connectivity index (χ1v) is 8.38. The van der Waals surface area contributed by atoms with Crippen molar-refractivity contribution in [2.75, 3.05) is 0 Å². The summed E-state index contributed by atoms with van der Waals surface area (Å²) in [4.78, 5) is 16.2. The van der Waals surface area contributed by atoms with Gasteiger partial charge >= 0.3 is 5.97 Å². The molecular formula is C16H18BrNO2S. The van der Waals surface area contributed by atoms with Gasteiger partial charge in [-0.2, -0.15) is 0 Å². The van der Waals surface area contributed by atoms with E-state index in [9.17, 15) is 9.90 Å². The molecule has 3 nitrogen and oxygen atoms in total. The van der Waals surface area contributed by atoms with Crippen molar-refractivity contribution in [2.24, 2.45) is 0 Å². The van der Waals surface area contributed by atoms with E-state index in [1.807, 2.05) is 29.6 Å². The summed E-state index contributed by atoms with van der Waals surface area (Å²) in [5.74, 6) is -1.37. The molecule has 21 heavy (non-hydrogen) atoms. The zero-order valence-corrected chi connectivity index (χ0v) is 14.7. The molecule has 5 heteroatoms. The summed E-state index contributed by atoms with van der Waals surface area (Å²) in [6, 6.07) is 7.43. The van der Waals surface area contributed by atoms with E-state index >= 15 is 0 Å². The Hall–Kier alpha value is -1.20. The van der Waals surface area contributed by atoms with Crippen molar-refractivity contribution in [2.45, 2.75) is 38.5 Å². The first-order valence-electron chi connectivity index (χ1n) is 6.70. The fraction of sp³-hybridized carbons (Fsp3) is 0.375. The van der Waals surface area contributed by atoms with E-state index in [0.717, 1.165) is 20.7 Å². The van der Waals surface area contributed by atoms with Crippen molar-refractivity contribution < 1.29 is 9.90 Å². The molecular weight excluding hydrogens is 350 g/mol. The molecule has 1 aromatic heterocycles. The number of rotatable bonds is 4. The average molecular weight is 368 g/mol. The molecule has 0 fully saturated rings. The number of aromatic nitrogens is 1. The van der Waals surface area contributed by atoms with Crippen LogP contribution in [0.2, 0.25) is 0 Å². The standard InChI is InChI=1S/C16H18BrNO2S/c1-16(2,3)13-9-21-14(18-13)8-12(15(19)20)10-4-6-11(17)7-5-10/h4-7,9,12H,8H2,1-3H3,(H,19,20). The minimum atomic E-state index is -0.815. The molecule has 0 amide bonds. The molecule has 0 radical (unpaired) electrons. The Morgan fingerprint density at radius 3 is 2.43 bits per heavy atom. The topological polar surface area (TPSA) is 50.2 Å². The zero-order valence-electron chi connectivity index (χ0n) is 12.3. The molecule has 1 atom stereocenters. The third-order valence-corrected chi connectivity index (χ3v) is 4.67. The lowest BCUT2D eigenvalue weighted by molar-refractivity contribution is -0.138. The number of hydrogen-bond donors (Lipinski definition) is 1. The van der Waals surface area contributed by atoms with Crippen molar-refractivity contribution in [1.82, 2.24) is 4.98 Å². The second-order valence-corrected chi connectivity index (χ2v) is 7.88. The number of carboxylic acids is 1. The van der Waals surface area contributed by atoms with Crippen LogP contribution in [0.25, 0.3) is 0 Å². The largest absolute Gasteiger partial charge is 0.481 e. The third-order valence-electron chi connectivity index (χ3n) is 3.27. The van der Waals surface area contributed by atoms with Crippen molar-refractivity contribution in [1.29, 1.82) is 0 Å². The lowest BCUT2D eigenvalue weighted by Gasteiger charge is -2.15. The molecule has 1 N–H and O–H groups in total. The van der Waals surface area contributed by atoms with Crippen molar-refractivity contribution in [3.63, 3.8) is 0 Å². The molecule has 1 heterocycles. The Balaban J connectivity index is 2.23. The van der Waals surface area contributed by atoms with Crippen molar-refractivity contribution in [3.05, 3.63) is 50.4 Å². The van der Waals surface area contributed by atoms with Gasteiger partial charge in [0.2, 0.25) is 0 Å². The van der Waals surface area contributed by atoms with E-state index in [4.69, 9.17) is 0 Å². The summed E-state index contributed by atoms with van der Waals surface area (Å²) < 4.78 is 0.944. The van der Waals surface area contributed by atoms with Crippen LogP contribution in [0, 0.1) is 0 Å². The lowest BCUT2D eigenvalue weighted by atomic mass is 9.93. The van der Waals surface area contributed by atoms with Crippen LogP contribution in [0.3, 0.4) is 0 Å². The van der Waals surface area contributed by atoms with Gasteiger partial charge in [0.25, 0.3) is 0 Å². The normalized spacial score (nSPS) is 13.1. The van der Waals surface area contributed by atoms with Gasteiger partial charge in [0.15, 0.2) is 0 Å². The van der Waals surface area contributed by atoms with Crippen LogP contribution >= 0.6 is 27.3 Å². The fourth-order valence-corrected chi connectivity index (χ4v) is 3.30. The fourth-order valence-electron chi connectivity index (χ4n) is 1.97. The molecule has 0 aliphatic heterocycles. The van der Waals surface area contributed by atoms with Crippen LogP contribution < -0.4 is 0 Å². The Labute approximate surface area is 137 Å². The zero-order chi connectivity index (χ0) is 15.6. The molecule has 1 unspecified atom stereocenters. The molecule has 0 aliphatic carbocycles. The summed E-state index contributed by atoms with van der Waals surface area (Å²) in [5, 5.41) is 12.4. The van der Waals surface area contributed by atoms with Crippen LogP contribution in [0.15, 0.2) is 34.1 Å². The van der Waals surface area contributed by atoms with Crippen LogP contribution in [0.1, 0.15) is 43.0 Å². The highest BCUT2D eigenvalue weighted by Gasteiger charge is 2.23. The number of carbonyl (C=O) groups is 1. The number of hydrogen-bond acceptors (Lipinski definition) is 3. The molecule has 112 valence electrons. The quantitative estimate of drug-likeness (QED) is 0.857. The van der Waals surface area contributed by atoms with Gasteiger partial charge in [-0.1, -0.05) is 48.8 Å². The van der Waals surface area contributed by atoms with Crippen LogP contribution in [0.4, 0.5) is 0 Å². The molecule has 2 rings (SSSR count). The SMILES string of the molecule is CC(C)(C)c1csc(CC(C(=O)O)c2ccc(Br)cc2)n1. The van der Waals surface area contributed by atoms with E-state index in [1.54, 1.807) is 0 Å². The Morgan fingerprint density at radius 2 is 1.95 bits per heavy atom. The molecule has 0 saturated heterocycles. The van der Waals surface area contributed by atoms with E-state index in [1.165, 1.54) is 11.3 Å². The lowest BCUT2D eigenvalue weighted by Crippen LogP contribution is -2.15. The molecule has 2 aromatic rings. The molecule has 0 bridgehead atoms. The highest BCUT2D eigenvalue weighted by Crippen LogP contribution is 2.28. The number of benzene rings is 1. The Bertz CT molecular complexity index is 628. The predicted molar refractivity (Wildman–Crippen MR) is 89.0 cm³/mol. The van der Waals surface area contributed by atoms with E-state index in [2.05, 4.69) is 41.7 Å². The van der Waals surface area contributed by atoms with E-state index in [0.29, 0.717) is 6.42 Å². The van der Waals surface area contributed by atoms with E-state index in [-0.39, 0.29) is 5.41 Å². The van der Waals surface area contributed by atoms with Crippen molar-refractivity contribution in [3.8, 4) is 0 Å². The summed E-state index contributed by atoms with van der Waals surface area (Å²) >= 11 is 4.90. The Kier molecular flexibility index (Phi) is 4.84. The number of carboxylic acid groups (broad SMARTS) is 1. The number of halogens is 1. The minimum absolute atomic E-state index is 0.00885. The first kappa shape index (κ1) is 16.2. The van der Waals surface area contributed by atoms with Gasteiger partial charge in [0, 0.05) is 21.7 Å². The van der Waals surface area contributed by atoms with E-state index < -0.39 is 11.9 Å². The number of nitrogens with zero attached hydrogens (tertiary/aromatic N) is 1. The number of aliphatic carboxylic acids is 1. The maximum atomic E-state index is 11.6. The highest BCUT2D eigenvalue weighted by atomic mass is 79.9. The smallest absolute Gasteiger partial charge is 0.311 e. The third kappa shape index (κ3) is 4.14. The van der Waals surface area contributed by atoms with Gasteiger partial charge in [0.05, 0.1) is 16.6 Å². The summed E-state index contributed by atoms with van der Waals surface area (Å²) in [7, 11) is 0. The van der Waals surface area contributed by atoms with Crippen LogP contribution in [-0.2, 0) is 16.6 Å². The maximum Gasteiger partial charge on any atom is 0.311 e. The Morgan fingerprint density at radius 1 is 1.33 bits per heavy atom. The summed E-state index contributed by atoms with van der Waals surface area (Å²) in [6.07, 6.45) is 0.428. The van der Waals surface area contributed by atoms with Crippen LogP contribution in [0.5, 0.6) is 0 Å². The number of thiazole rings is 1. The van der Waals surface area contributed by atoms with Gasteiger partial charge in [0.1, 0.15) is 0 Å².